The van der Waals surface area contributed by atoms with Crippen LogP contribution in [-0.2, 0) is 6.42 Å². The molecule has 5 rings (SSSR count). The summed E-state index contributed by atoms with van der Waals surface area (Å²) in [5, 5.41) is 5.48. The fraction of sp³-hybridized carbons (Fsp3) is 0.0435. The Bertz CT molecular complexity index is 1070. The largest absolute Gasteiger partial charge is 0.0622 e. The summed E-state index contributed by atoms with van der Waals surface area (Å²) >= 11 is 0. The van der Waals surface area contributed by atoms with Crippen molar-refractivity contribution < 1.29 is 0 Å². The van der Waals surface area contributed by atoms with Crippen LogP contribution >= 0.6 is 0 Å². The summed E-state index contributed by atoms with van der Waals surface area (Å²) in [6.45, 7) is 0. The van der Waals surface area contributed by atoms with Gasteiger partial charge in [0.1, 0.15) is 0 Å². The number of rotatable bonds is 1. The first kappa shape index (κ1) is 12.7. The smallest absolute Gasteiger partial charge is 0.000728 e. The van der Waals surface area contributed by atoms with Gasteiger partial charge in [-0.15, -0.1) is 0 Å². The third-order valence-corrected chi connectivity index (χ3v) is 4.92. The van der Waals surface area contributed by atoms with E-state index >= 15 is 0 Å². The van der Waals surface area contributed by atoms with Gasteiger partial charge in [-0.2, -0.15) is 0 Å². The molecule has 0 amide bonds. The highest BCUT2D eigenvalue weighted by Crippen LogP contribution is 2.41. The molecular weight excluding hydrogens is 276 g/mol. The van der Waals surface area contributed by atoms with Crippen molar-refractivity contribution in [2.45, 2.75) is 6.42 Å². The molecule has 0 aromatic heterocycles. The Labute approximate surface area is 135 Å². The van der Waals surface area contributed by atoms with Crippen molar-refractivity contribution in [1.82, 2.24) is 0 Å². The van der Waals surface area contributed by atoms with Crippen molar-refractivity contribution in [3.8, 4) is 0 Å². The fourth-order valence-electron chi connectivity index (χ4n) is 3.85. The lowest BCUT2D eigenvalue weighted by molar-refractivity contribution is 1.35. The highest BCUT2D eigenvalue weighted by Gasteiger charge is 2.19. The minimum Gasteiger partial charge on any atom is -0.0622 e. The second-order valence-corrected chi connectivity index (χ2v) is 6.20. The van der Waals surface area contributed by atoms with Gasteiger partial charge in [-0.05, 0) is 56.3 Å². The Morgan fingerprint density at radius 1 is 0.522 bits per heavy atom. The Kier molecular flexibility index (Phi) is 2.65. The predicted octanol–water partition coefficient (Wildman–Crippen LogP) is 6.09. The van der Waals surface area contributed by atoms with Crippen molar-refractivity contribution in [3.63, 3.8) is 0 Å². The predicted molar refractivity (Wildman–Crippen MR) is 99.5 cm³/mol. The summed E-state index contributed by atoms with van der Waals surface area (Å²) in [7, 11) is 0. The second kappa shape index (κ2) is 4.82. The minimum atomic E-state index is 1.02. The van der Waals surface area contributed by atoms with Crippen molar-refractivity contribution >= 4 is 33.2 Å². The summed E-state index contributed by atoms with van der Waals surface area (Å²) in [4.78, 5) is 0. The van der Waals surface area contributed by atoms with Crippen LogP contribution in [0.3, 0.4) is 0 Å². The Balaban J connectivity index is 1.85. The van der Waals surface area contributed by atoms with E-state index in [-0.39, 0.29) is 0 Å². The number of fused-ring (bicyclic) bond motifs is 6. The molecule has 0 saturated carbocycles. The molecule has 108 valence electrons. The van der Waals surface area contributed by atoms with E-state index in [0.29, 0.717) is 0 Å². The van der Waals surface area contributed by atoms with Crippen LogP contribution in [0.1, 0.15) is 16.7 Å². The van der Waals surface area contributed by atoms with Crippen LogP contribution < -0.4 is 0 Å². The summed E-state index contributed by atoms with van der Waals surface area (Å²) < 4.78 is 0. The zero-order valence-corrected chi connectivity index (χ0v) is 12.8. The zero-order valence-electron chi connectivity index (χ0n) is 12.8. The molecule has 4 aromatic carbocycles. The SMILES string of the molecule is C1=C(c2ccccc2)Cc2c1c1ccccc1c1ccccc21. The van der Waals surface area contributed by atoms with Crippen molar-refractivity contribution in [3.05, 3.63) is 95.6 Å². The zero-order chi connectivity index (χ0) is 15.2. The van der Waals surface area contributed by atoms with Crippen LogP contribution in [0, 0.1) is 0 Å². The summed E-state index contributed by atoms with van der Waals surface area (Å²) in [5.41, 5.74) is 5.62. The maximum absolute atomic E-state index is 2.39. The van der Waals surface area contributed by atoms with Gasteiger partial charge in [0.15, 0.2) is 0 Å². The topological polar surface area (TPSA) is 0 Å². The van der Waals surface area contributed by atoms with Gasteiger partial charge in [0, 0.05) is 0 Å². The number of allylic oxidation sites excluding steroid dienone is 1. The van der Waals surface area contributed by atoms with E-state index in [9.17, 15) is 0 Å². The molecule has 0 radical (unpaired) electrons. The van der Waals surface area contributed by atoms with Gasteiger partial charge in [0.05, 0.1) is 0 Å². The van der Waals surface area contributed by atoms with Crippen LogP contribution in [0.15, 0.2) is 78.9 Å². The summed E-state index contributed by atoms with van der Waals surface area (Å²) in [6.07, 6.45) is 3.41. The maximum Gasteiger partial charge on any atom is -0.000728 e. The molecule has 0 spiro atoms. The van der Waals surface area contributed by atoms with Crippen LogP contribution in [-0.4, -0.2) is 0 Å². The Hall–Kier alpha value is -2.86. The fourth-order valence-corrected chi connectivity index (χ4v) is 3.85. The number of benzene rings is 4. The average molecular weight is 292 g/mol. The third kappa shape index (κ3) is 1.85. The van der Waals surface area contributed by atoms with E-state index in [2.05, 4.69) is 84.9 Å². The normalized spacial score (nSPS) is 13.3. The highest BCUT2D eigenvalue weighted by atomic mass is 14.2. The second-order valence-electron chi connectivity index (χ2n) is 6.20. The Morgan fingerprint density at radius 2 is 1.09 bits per heavy atom. The molecule has 0 aliphatic heterocycles. The minimum absolute atomic E-state index is 1.02. The van der Waals surface area contributed by atoms with Crippen molar-refractivity contribution in [2.24, 2.45) is 0 Å². The standard InChI is InChI=1S/C23H16/c1-2-8-16(9-3-1)17-14-22-20-12-6-4-10-18(20)19-11-5-7-13-21(19)23(22)15-17/h1-14H,15H2. The molecule has 0 heterocycles. The molecule has 23 heavy (non-hydrogen) atoms. The van der Waals surface area contributed by atoms with E-state index in [0.717, 1.165) is 6.42 Å². The highest BCUT2D eigenvalue weighted by molar-refractivity contribution is 6.15. The molecule has 0 heteroatoms. The number of hydrogen-bond acceptors (Lipinski definition) is 0. The van der Waals surface area contributed by atoms with Crippen LogP contribution in [0.25, 0.3) is 33.2 Å². The summed E-state index contributed by atoms with van der Waals surface area (Å²) in [6, 6.07) is 28.3. The molecule has 1 aliphatic carbocycles. The quantitative estimate of drug-likeness (QED) is 0.372. The molecule has 0 unspecified atom stereocenters. The molecule has 0 atom stereocenters. The van der Waals surface area contributed by atoms with Crippen molar-refractivity contribution in [2.75, 3.05) is 0 Å². The van der Waals surface area contributed by atoms with Gasteiger partial charge < -0.3 is 0 Å². The lowest BCUT2D eigenvalue weighted by Crippen LogP contribution is -1.90. The first-order chi connectivity index (χ1) is 11.4. The molecule has 0 N–H and O–H groups in total. The summed E-state index contributed by atoms with van der Waals surface area (Å²) in [5.74, 6) is 0. The lowest BCUT2D eigenvalue weighted by Gasteiger charge is -2.11. The van der Waals surface area contributed by atoms with Gasteiger partial charge in [-0.1, -0.05) is 78.9 Å². The molecule has 1 aliphatic rings. The maximum atomic E-state index is 2.39. The van der Waals surface area contributed by atoms with Gasteiger partial charge in [-0.3, -0.25) is 0 Å². The monoisotopic (exact) mass is 292 g/mol. The molecule has 0 fully saturated rings. The number of hydrogen-bond donors (Lipinski definition) is 0. The van der Waals surface area contributed by atoms with Gasteiger partial charge in [-0.25, -0.2) is 0 Å². The molecule has 0 bridgehead atoms. The van der Waals surface area contributed by atoms with Crippen LogP contribution in [0.4, 0.5) is 0 Å². The van der Waals surface area contributed by atoms with E-state index in [1.807, 2.05) is 0 Å². The van der Waals surface area contributed by atoms with Crippen LogP contribution in [0.2, 0.25) is 0 Å². The van der Waals surface area contributed by atoms with E-state index in [1.165, 1.54) is 43.8 Å². The first-order valence-electron chi connectivity index (χ1n) is 8.10. The molecule has 0 nitrogen and oxygen atoms in total. The lowest BCUT2D eigenvalue weighted by atomic mass is 9.93. The van der Waals surface area contributed by atoms with Gasteiger partial charge in [0.2, 0.25) is 0 Å². The average Bonchev–Trinajstić information content (AvgIpc) is 3.09. The third-order valence-electron chi connectivity index (χ3n) is 4.92. The van der Waals surface area contributed by atoms with E-state index < -0.39 is 0 Å². The first-order valence-corrected chi connectivity index (χ1v) is 8.10. The van der Waals surface area contributed by atoms with E-state index in [1.54, 1.807) is 0 Å². The molecule has 4 aromatic rings. The molecular formula is C23H16. The van der Waals surface area contributed by atoms with Crippen LogP contribution in [0.5, 0.6) is 0 Å². The molecule has 0 saturated heterocycles. The van der Waals surface area contributed by atoms with E-state index in [4.69, 9.17) is 0 Å². The Morgan fingerprint density at radius 3 is 1.83 bits per heavy atom. The van der Waals surface area contributed by atoms with Gasteiger partial charge >= 0.3 is 0 Å². The van der Waals surface area contributed by atoms with Crippen molar-refractivity contribution in [1.29, 1.82) is 0 Å². The van der Waals surface area contributed by atoms with Gasteiger partial charge in [0.25, 0.3) is 0 Å².